The number of halogens is 1. The lowest BCUT2D eigenvalue weighted by Gasteiger charge is -2.13. The summed E-state index contributed by atoms with van der Waals surface area (Å²) in [5, 5.41) is 6.96. The fourth-order valence-electron chi connectivity index (χ4n) is 1.47. The summed E-state index contributed by atoms with van der Waals surface area (Å²) >= 11 is 6.97. The summed E-state index contributed by atoms with van der Waals surface area (Å²) in [4.78, 5) is 12.6. The topological polar surface area (TPSA) is 54.9 Å². The largest absolute Gasteiger partial charge is 0.345 e. The average molecular weight is 260 g/mol. The third-order valence-electron chi connectivity index (χ3n) is 2.75. The van der Waals surface area contributed by atoms with Gasteiger partial charge >= 0.3 is 0 Å². The number of nitrogens with one attached hydrogen (secondary N) is 1. The van der Waals surface area contributed by atoms with Crippen LogP contribution < -0.4 is 5.32 Å². The first-order valence-electron chi connectivity index (χ1n) is 5.29. The van der Waals surface area contributed by atoms with E-state index in [0.717, 1.165) is 30.1 Å². The van der Waals surface area contributed by atoms with Crippen LogP contribution in [0, 0.1) is 0 Å². The Kier molecular flexibility index (Phi) is 3.17. The number of alkyl halides is 1. The van der Waals surface area contributed by atoms with Crippen LogP contribution in [-0.2, 0) is 0 Å². The van der Waals surface area contributed by atoms with Crippen molar-refractivity contribution in [2.24, 2.45) is 0 Å². The predicted molar refractivity (Wildman–Crippen MR) is 64.1 cm³/mol. The molecule has 1 aliphatic carbocycles. The summed E-state index contributed by atoms with van der Waals surface area (Å²) in [6, 6.07) is 0. The highest BCUT2D eigenvalue weighted by atomic mass is 35.5. The van der Waals surface area contributed by atoms with E-state index in [-0.39, 0.29) is 17.4 Å². The van der Waals surface area contributed by atoms with Gasteiger partial charge in [0.15, 0.2) is 0 Å². The maximum Gasteiger partial charge on any atom is 0.265 e. The highest BCUT2D eigenvalue weighted by Gasteiger charge is 2.43. The minimum atomic E-state index is -0.170. The molecule has 0 atom stereocenters. The minimum absolute atomic E-state index is 0.0862. The summed E-state index contributed by atoms with van der Waals surface area (Å²) in [7, 11) is 0. The first-order chi connectivity index (χ1) is 7.58. The number of carbonyl (C=O) groups excluding carboxylic acids is 1. The molecular formula is C10H14ClN3OS. The lowest BCUT2D eigenvalue weighted by atomic mass is 10.1. The first kappa shape index (κ1) is 11.8. The van der Waals surface area contributed by atoms with Crippen LogP contribution in [0.3, 0.4) is 0 Å². The zero-order chi connectivity index (χ0) is 11.8. The molecule has 1 aromatic heterocycles. The fourth-order valence-corrected chi connectivity index (χ4v) is 2.52. The second kappa shape index (κ2) is 4.30. The number of aromatic nitrogens is 2. The van der Waals surface area contributed by atoms with E-state index in [9.17, 15) is 4.79 Å². The van der Waals surface area contributed by atoms with Crippen LogP contribution in [0.4, 0.5) is 0 Å². The van der Waals surface area contributed by atoms with Gasteiger partial charge in [-0.15, -0.1) is 16.7 Å². The van der Waals surface area contributed by atoms with Gasteiger partial charge in [0.2, 0.25) is 0 Å². The number of rotatable bonds is 4. The lowest BCUT2D eigenvalue weighted by molar-refractivity contribution is 0.0938. The molecule has 1 heterocycles. The molecule has 0 radical (unpaired) electrons. The van der Waals surface area contributed by atoms with Crippen LogP contribution in [0.5, 0.6) is 0 Å². The second-order valence-electron chi connectivity index (χ2n) is 4.51. The van der Waals surface area contributed by atoms with Crippen LogP contribution in [0.25, 0.3) is 0 Å². The molecule has 1 fully saturated rings. The predicted octanol–water partition coefficient (Wildman–Crippen LogP) is 2.16. The van der Waals surface area contributed by atoms with Gasteiger partial charge in [-0.2, -0.15) is 0 Å². The van der Waals surface area contributed by atoms with E-state index in [1.54, 1.807) is 0 Å². The monoisotopic (exact) mass is 259 g/mol. The first-order valence-corrected chi connectivity index (χ1v) is 6.59. The van der Waals surface area contributed by atoms with Crippen LogP contribution in [0.1, 0.15) is 48.0 Å². The smallest absolute Gasteiger partial charge is 0.265 e. The van der Waals surface area contributed by atoms with Gasteiger partial charge in [-0.05, 0) is 30.3 Å². The zero-order valence-electron chi connectivity index (χ0n) is 9.29. The Hall–Kier alpha value is -0.680. The Labute approximate surface area is 104 Å². The Bertz CT molecular complexity index is 401. The van der Waals surface area contributed by atoms with Crippen molar-refractivity contribution in [3.8, 4) is 0 Å². The van der Waals surface area contributed by atoms with Crippen molar-refractivity contribution in [1.29, 1.82) is 0 Å². The third kappa shape index (κ3) is 2.20. The van der Waals surface area contributed by atoms with Crippen molar-refractivity contribution >= 4 is 29.0 Å². The molecule has 2 rings (SSSR count). The van der Waals surface area contributed by atoms with Crippen molar-refractivity contribution < 1.29 is 4.79 Å². The average Bonchev–Trinajstić information content (AvgIpc) is 2.83. The molecule has 0 aromatic carbocycles. The number of amides is 1. The summed E-state index contributed by atoms with van der Waals surface area (Å²) in [6.45, 7) is 4.00. The van der Waals surface area contributed by atoms with Crippen molar-refractivity contribution in [2.75, 3.05) is 5.88 Å². The van der Waals surface area contributed by atoms with E-state index < -0.39 is 0 Å². The Balaban J connectivity index is 2.12. The van der Waals surface area contributed by atoms with Gasteiger partial charge in [0.25, 0.3) is 5.91 Å². The van der Waals surface area contributed by atoms with Crippen molar-refractivity contribution in [1.82, 2.24) is 14.9 Å². The van der Waals surface area contributed by atoms with E-state index in [4.69, 9.17) is 11.6 Å². The minimum Gasteiger partial charge on any atom is -0.345 e. The molecule has 0 bridgehead atoms. The molecule has 88 valence electrons. The Morgan fingerprint density at radius 3 is 2.81 bits per heavy atom. The van der Waals surface area contributed by atoms with Crippen molar-refractivity contribution in [2.45, 2.75) is 38.1 Å². The molecule has 4 nitrogen and oxygen atoms in total. The van der Waals surface area contributed by atoms with Crippen LogP contribution in [0.2, 0.25) is 0 Å². The van der Waals surface area contributed by atoms with E-state index in [1.807, 2.05) is 13.8 Å². The van der Waals surface area contributed by atoms with Gasteiger partial charge in [-0.3, -0.25) is 4.79 Å². The van der Waals surface area contributed by atoms with Gasteiger partial charge in [-0.25, -0.2) is 0 Å². The SMILES string of the molecule is CC(C)c1nnsc1C(=O)NC1(CCl)CC1. The number of hydrogen-bond acceptors (Lipinski definition) is 4. The maximum atomic E-state index is 12.0. The number of nitrogens with zero attached hydrogens (tertiary/aromatic N) is 2. The van der Waals surface area contributed by atoms with E-state index in [0.29, 0.717) is 10.8 Å². The summed E-state index contributed by atoms with van der Waals surface area (Å²) in [5.74, 6) is 0.602. The molecule has 1 aromatic rings. The highest BCUT2D eigenvalue weighted by Crippen LogP contribution is 2.37. The van der Waals surface area contributed by atoms with Crippen molar-refractivity contribution in [3.63, 3.8) is 0 Å². The summed E-state index contributed by atoms with van der Waals surface area (Å²) < 4.78 is 3.84. The molecule has 1 aliphatic rings. The quantitative estimate of drug-likeness (QED) is 0.843. The zero-order valence-corrected chi connectivity index (χ0v) is 10.9. The number of carbonyl (C=O) groups is 1. The summed E-state index contributed by atoms with van der Waals surface area (Å²) in [6.07, 6.45) is 1.93. The van der Waals surface area contributed by atoms with E-state index >= 15 is 0 Å². The standard InChI is InChI=1S/C10H14ClN3OS/c1-6(2)7-8(16-14-13-7)9(15)12-10(5-11)3-4-10/h6H,3-5H2,1-2H3,(H,12,15). The van der Waals surface area contributed by atoms with E-state index in [1.165, 1.54) is 0 Å². The molecule has 0 aliphatic heterocycles. The van der Waals surface area contributed by atoms with Crippen molar-refractivity contribution in [3.05, 3.63) is 10.6 Å². The third-order valence-corrected chi connectivity index (χ3v) is 4.01. The highest BCUT2D eigenvalue weighted by molar-refractivity contribution is 7.08. The van der Waals surface area contributed by atoms with Crippen LogP contribution >= 0.6 is 23.1 Å². The van der Waals surface area contributed by atoms with E-state index in [2.05, 4.69) is 14.9 Å². The molecule has 0 saturated heterocycles. The molecule has 6 heteroatoms. The van der Waals surface area contributed by atoms with Gasteiger partial charge in [0.05, 0.1) is 11.2 Å². The second-order valence-corrected chi connectivity index (χ2v) is 5.53. The summed E-state index contributed by atoms with van der Waals surface area (Å²) in [5.41, 5.74) is 0.601. The fraction of sp³-hybridized carbons (Fsp3) is 0.700. The maximum absolute atomic E-state index is 12.0. The molecular weight excluding hydrogens is 246 g/mol. The molecule has 0 unspecified atom stereocenters. The molecule has 0 spiro atoms. The normalized spacial score (nSPS) is 17.5. The molecule has 16 heavy (non-hydrogen) atoms. The van der Waals surface area contributed by atoms with Crippen LogP contribution in [0.15, 0.2) is 0 Å². The van der Waals surface area contributed by atoms with Gasteiger partial charge in [0.1, 0.15) is 4.88 Å². The van der Waals surface area contributed by atoms with Gasteiger partial charge in [0, 0.05) is 5.88 Å². The number of hydrogen-bond donors (Lipinski definition) is 1. The Morgan fingerprint density at radius 2 is 2.31 bits per heavy atom. The molecule has 1 saturated carbocycles. The molecule has 1 N–H and O–H groups in total. The molecule has 1 amide bonds. The van der Waals surface area contributed by atoms with Gasteiger partial charge in [-0.1, -0.05) is 18.3 Å². The van der Waals surface area contributed by atoms with Crippen LogP contribution in [-0.4, -0.2) is 26.9 Å². The Morgan fingerprint density at radius 1 is 1.62 bits per heavy atom. The lowest BCUT2D eigenvalue weighted by Crippen LogP contribution is -2.38. The van der Waals surface area contributed by atoms with Gasteiger partial charge < -0.3 is 5.32 Å².